The van der Waals surface area contributed by atoms with Gasteiger partial charge in [-0.15, -0.1) is 15.1 Å². The van der Waals surface area contributed by atoms with Gasteiger partial charge in [0, 0.05) is 6.54 Å². The largest absolute Gasteiger partial charge is 0.486 e. The number of benzene rings is 2. The number of ether oxygens (including phenoxy) is 1. The number of hydrogen-bond donors (Lipinski definition) is 1. The van der Waals surface area contributed by atoms with E-state index in [1.165, 1.54) is 16.9 Å². The van der Waals surface area contributed by atoms with Crippen LogP contribution in [0.15, 0.2) is 47.6 Å². The zero-order chi connectivity index (χ0) is 19.2. The molecule has 1 N–H and O–H groups in total. The minimum Gasteiger partial charge on any atom is -0.486 e. The van der Waals surface area contributed by atoms with Crippen molar-refractivity contribution in [1.29, 1.82) is 0 Å². The van der Waals surface area contributed by atoms with Gasteiger partial charge in [0.25, 0.3) is 0 Å². The molecular weight excluding hydrogens is 360 g/mol. The van der Waals surface area contributed by atoms with Gasteiger partial charge in [-0.25, -0.2) is 0 Å². The first-order chi connectivity index (χ1) is 13.1. The second-order valence-corrected chi connectivity index (χ2v) is 7.61. The molecule has 7 heteroatoms. The first-order valence-electron chi connectivity index (χ1n) is 8.77. The fourth-order valence-corrected chi connectivity index (χ4v) is 3.31. The standard InChI is InChI=1S/C20H22N4O2S/c1-13(2)16-10-17(24-25)14(3)9-18(16)26-12-19-22-23-20(27-19)21-11-15-7-5-4-6-8-15/h4-10,13H,11-12H2,1-3H3,(H,21,23). The molecule has 27 heavy (non-hydrogen) atoms. The maximum absolute atomic E-state index is 10.9. The predicted octanol–water partition coefficient (Wildman–Crippen LogP) is 5.56. The average molecular weight is 382 g/mol. The van der Waals surface area contributed by atoms with Crippen LogP contribution in [0.2, 0.25) is 0 Å². The number of nitrogens with one attached hydrogen (secondary N) is 1. The molecule has 2 aromatic carbocycles. The number of anilines is 1. The highest BCUT2D eigenvalue weighted by Gasteiger charge is 2.13. The summed E-state index contributed by atoms with van der Waals surface area (Å²) in [6.45, 7) is 7.00. The quantitative estimate of drug-likeness (QED) is 0.516. The molecule has 3 rings (SSSR count). The summed E-state index contributed by atoms with van der Waals surface area (Å²) in [4.78, 5) is 10.9. The Morgan fingerprint density at radius 3 is 2.67 bits per heavy atom. The third-order valence-corrected chi connectivity index (χ3v) is 5.01. The average Bonchev–Trinajstić information content (AvgIpc) is 3.13. The van der Waals surface area contributed by atoms with Gasteiger partial charge in [0.2, 0.25) is 5.13 Å². The monoisotopic (exact) mass is 382 g/mol. The van der Waals surface area contributed by atoms with Gasteiger partial charge in [0.05, 0.1) is 0 Å². The van der Waals surface area contributed by atoms with Gasteiger partial charge in [-0.1, -0.05) is 55.5 Å². The zero-order valence-electron chi connectivity index (χ0n) is 15.6. The Kier molecular flexibility index (Phi) is 6.13. The number of nitrogens with zero attached hydrogens (tertiary/aromatic N) is 3. The van der Waals surface area contributed by atoms with E-state index >= 15 is 0 Å². The van der Waals surface area contributed by atoms with Crippen molar-refractivity contribution in [3.63, 3.8) is 0 Å². The lowest BCUT2D eigenvalue weighted by Gasteiger charge is -2.15. The van der Waals surface area contributed by atoms with E-state index in [0.29, 0.717) is 18.8 Å². The molecule has 0 radical (unpaired) electrons. The van der Waals surface area contributed by atoms with E-state index in [0.717, 1.165) is 27.0 Å². The van der Waals surface area contributed by atoms with Crippen LogP contribution in [0, 0.1) is 11.8 Å². The molecule has 0 aliphatic heterocycles. The molecule has 0 fully saturated rings. The second kappa shape index (κ2) is 8.73. The molecule has 6 nitrogen and oxygen atoms in total. The smallest absolute Gasteiger partial charge is 0.206 e. The van der Waals surface area contributed by atoms with Crippen molar-refractivity contribution < 1.29 is 4.74 Å². The molecule has 0 saturated heterocycles. The molecule has 0 bridgehead atoms. The van der Waals surface area contributed by atoms with Crippen LogP contribution in [-0.4, -0.2) is 10.2 Å². The highest BCUT2D eigenvalue weighted by atomic mass is 32.1. The van der Waals surface area contributed by atoms with E-state index in [1.807, 2.05) is 31.2 Å². The Labute approximate surface area is 162 Å². The summed E-state index contributed by atoms with van der Waals surface area (Å²) in [5, 5.41) is 16.3. The van der Waals surface area contributed by atoms with E-state index in [2.05, 4.69) is 46.7 Å². The van der Waals surface area contributed by atoms with Crippen molar-refractivity contribution in [3.05, 3.63) is 69.1 Å². The fourth-order valence-electron chi connectivity index (χ4n) is 2.66. The molecule has 1 aromatic heterocycles. The van der Waals surface area contributed by atoms with Crippen molar-refractivity contribution in [1.82, 2.24) is 10.2 Å². The number of aromatic nitrogens is 2. The lowest BCUT2D eigenvalue weighted by atomic mass is 9.99. The molecule has 3 aromatic rings. The second-order valence-electron chi connectivity index (χ2n) is 6.55. The summed E-state index contributed by atoms with van der Waals surface area (Å²) in [5.74, 6) is 0.975. The van der Waals surface area contributed by atoms with E-state index in [4.69, 9.17) is 4.74 Å². The van der Waals surface area contributed by atoms with Crippen LogP contribution in [0.4, 0.5) is 10.8 Å². The molecule has 0 aliphatic carbocycles. The highest BCUT2D eigenvalue weighted by molar-refractivity contribution is 7.15. The highest BCUT2D eigenvalue weighted by Crippen LogP contribution is 2.34. The number of hydrogen-bond acceptors (Lipinski definition) is 7. The van der Waals surface area contributed by atoms with Gasteiger partial charge in [0.1, 0.15) is 18.0 Å². The van der Waals surface area contributed by atoms with E-state index < -0.39 is 0 Å². The topological polar surface area (TPSA) is 76.5 Å². The van der Waals surface area contributed by atoms with Gasteiger partial charge in [-0.05, 0) is 46.8 Å². The lowest BCUT2D eigenvalue weighted by molar-refractivity contribution is 0.300. The Morgan fingerprint density at radius 2 is 1.96 bits per heavy atom. The van der Waals surface area contributed by atoms with Gasteiger partial charge >= 0.3 is 0 Å². The molecular formula is C20H22N4O2S. The SMILES string of the molecule is Cc1cc(OCc2nnc(NCc3ccccc3)s2)c(C(C)C)cc1N=O. The van der Waals surface area contributed by atoms with Crippen LogP contribution >= 0.6 is 11.3 Å². The minimum atomic E-state index is 0.221. The summed E-state index contributed by atoms with van der Waals surface area (Å²) in [5.41, 5.74) is 3.40. The lowest BCUT2D eigenvalue weighted by Crippen LogP contribution is -2.00. The fraction of sp³-hybridized carbons (Fsp3) is 0.300. The minimum absolute atomic E-state index is 0.221. The first kappa shape index (κ1) is 19.0. The summed E-state index contributed by atoms with van der Waals surface area (Å²) in [6, 6.07) is 13.8. The number of aryl methyl sites for hydroxylation is 1. The normalized spacial score (nSPS) is 10.8. The van der Waals surface area contributed by atoms with Crippen LogP contribution in [0.1, 0.15) is 41.5 Å². The third kappa shape index (κ3) is 4.89. The first-order valence-corrected chi connectivity index (χ1v) is 9.59. The van der Waals surface area contributed by atoms with Crippen LogP contribution in [0.3, 0.4) is 0 Å². The Bertz CT molecular complexity index is 910. The predicted molar refractivity (Wildman–Crippen MR) is 109 cm³/mol. The molecule has 0 spiro atoms. The van der Waals surface area contributed by atoms with E-state index in [1.54, 1.807) is 6.07 Å². The summed E-state index contributed by atoms with van der Waals surface area (Å²) in [7, 11) is 0. The van der Waals surface area contributed by atoms with Crippen molar-refractivity contribution in [3.8, 4) is 5.75 Å². The van der Waals surface area contributed by atoms with Crippen molar-refractivity contribution in [2.24, 2.45) is 5.18 Å². The van der Waals surface area contributed by atoms with Crippen molar-refractivity contribution in [2.45, 2.75) is 39.8 Å². The van der Waals surface area contributed by atoms with Gasteiger partial charge in [-0.2, -0.15) is 0 Å². The van der Waals surface area contributed by atoms with Crippen LogP contribution in [-0.2, 0) is 13.2 Å². The van der Waals surface area contributed by atoms with Crippen LogP contribution in [0.25, 0.3) is 0 Å². The van der Waals surface area contributed by atoms with Gasteiger partial charge in [-0.3, -0.25) is 0 Å². The van der Waals surface area contributed by atoms with Crippen molar-refractivity contribution in [2.75, 3.05) is 5.32 Å². The molecule has 0 atom stereocenters. The number of rotatable bonds is 8. The van der Waals surface area contributed by atoms with E-state index in [-0.39, 0.29) is 5.92 Å². The Balaban J connectivity index is 1.64. The molecule has 0 saturated carbocycles. The maximum atomic E-state index is 10.9. The van der Waals surface area contributed by atoms with Gasteiger partial charge in [0.15, 0.2) is 5.01 Å². The molecule has 0 aliphatic rings. The summed E-state index contributed by atoms with van der Waals surface area (Å²) in [6.07, 6.45) is 0. The maximum Gasteiger partial charge on any atom is 0.206 e. The summed E-state index contributed by atoms with van der Waals surface area (Å²) >= 11 is 1.47. The Hall–Kier alpha value is -2.80. The molecule has 0 unspecified atom stereocenters. The molecule has 1 heterocycles. The zero-order valence-corrected chi connectivity index (χ0v) is 16.4. The third-order valence-electron chi connectivity index (χ3n) is 4.15. The molecule has 140 valence electrons. The van der Waals surface area contributed by atoms with Crippen LogP contribution in [0.5, 0.6) is 5.75 Å². The number of nitroso groups, excluding NO2 is 1. The van der Waals surface area contributed by atoms with Crippen molar-refractivity contribution >= 4 is 22.2 Å². The van der Waals surface area contributed by atoms with Crippen LogP contribution < -0.4 is 10.1 Å². The summed E-state index contributed by atoms with van der Waals surface area (Å²) < 4.78 is 5.98. The van der Waals surface area contributed by atoms with Gasteiger partial charge < -0.3 is 10.1 Å². The molecule has 0 amide bonds. The Morgan fingerprint density at radius 1 is 1.19 bits per heavy atom. The van der Waals surface area contributed by atoms with E-state index in [9.17, 15) is 4.91 Å².